The Bertz CT molecular complexity index is 693. The first kappa shape index (κ1) is 19.5. The van der Waals surface area contributed by atoms with Crippen LogP contribution in [-0.4, -0.2) is 75.6 Å². The van der Waals surface area contributed by atoms with E-state index in [0.717, 1.165) is 64.2 Å². The molecular weight excluding hydrogens is 360 g/mol. The third-order valence-electron chi connectivity index (χ3n) is 6.26. The van der Waals surface area contributed by atoms with Crippen LogP contribution in [0.5, 0.6) is 11.5 Å². The summed E-state index contributed by atoms with van der Waals surface area (Å²) in [5.41, 5.74) is 0.455. The van der Waals surface area contributed by atoms with Gasteiger partial charge in [-0.1, -0.05) is 0 Å². The Morgan fingerprint density at radius 2 is 2.04 bits per heavy atom. The molecule has 0 bridgehead atoms. The standard InChI is InChI=1S/C21H30N2O5/c1-25-19-13-16(3-4-18(19)20(24)26-2)28-17-11-15(12-17)23-9-10-27-21(14-23)5-7-22-8-6-21/h3-4,13,15,17,22H,5-12,14H2,1-2H3. The van der Waals surface area contributed by atoms with E-state index in [-0.39, 0.29) is 11.7 Å². The Morgan fingerprint density at radius 3 is 2.75 bits per heavy atom. The molecule has 4 rings (SSSR count). The van der Waals surface area contributed by atoms with Gasteiger partial charge < -0.3 is 24.3 Å². The Balaban J connectivity index is 1.31. The molecule has 1 aromatic rings. The third-order valence-corrected chi connectivity index (χ3v) is 6.26. The van der Waals surface area contributed by atoms with Crippen LogP contribution in [0.2, 0.25) is 0 Å². The van der Waals surface area contributed by atoms with Crippen LogP contribution in [0.25, 0.3) is 0 Å². The number of methoxy groups -OCH3 is 2. The number of piperidine rings is 1. The van der Waals surface area contributed by atoms with Crippen molar-refractivity contribution >= 4 is 5.97 Å². The minimum absolute atomic E-state index is 0.0481. The number of morpholine rings is 1. The number of nitrogens with one attached hydrogen (secondary N) is 1. The molecule has 1 aliphatic carbocycles. The van der Waals surface area contributed by atoms with Crippen LogP contribution in [0.1, 0.15) is 36.0 Å². The average molecular weight is 390 g/mol. The van der Waals surface area contributed by atoms with Crippen molar-refractivity contribution in [2.24, 2.45) is 0 Å². The summed E-state index contributed by atoms with van der Waals surface area (Å²) >= 11 is 0. The largest absolute Gasteiger partial charge is 0.496 e. The first-order valence-corrected chi connectivity index (χ1v) is 10.1. The fraction of sp³-hybridized carbons (Fsp3) is 0.667. The zero-order valence-corrected chi connectivity index (χ0v) is 16.7. The summed E-state index contributed by atoms with van der Waals surface area (Å²) in [7, 11) is 2.90. The van der Waals surface area contributed by atoms with Gasteiger partial charge in [0.05, 0.1) is 26.4 Å². The van der Waals surface area contributed by atoms with Crippen molar-refractivity contribution in [1.82, 2.24) is 10.2 Å². The highest BCUT2D eigenvalue weighted by Gasteiger charge is 2.43. The van der Waals surface area contributed by atoms with Crippen molar-refractivity contribution in [3.63, 3.8) is 0 Å². The second-order valence-electron chi connectivity index (χ2n) is 7.97. The normalized spacial score (nSPS) is 27.1. The van der Waals surface area contributed by atoms with Gasteiger partial charge in [-0.15, -0.1) is 0 Å². The van der Waals surface area contributed by atoms with E-state index in [4.69, 9.17) is 18.9 Å². The predicted molar refractivity (Wildman–Crippen MR) is 104 cm³/mol. The number of rotatable bonds is 5. The third kappa shape index (κ3) is 3.97. The van der Waals surface area contributed by atoms with Gasteiger partial charge in [-0.05, 0) is 38.1 Å². The maximum absolute atomic E-state index is 11.8. The molecule has 1 spiro atoms. The molecule has 1 aromatic carbocycles. The smallest absolute Gasteiger partial charge is 0.341 e. The number of esters is 1. The van der Waals surface area contributed by atoms with Crippen LogP contribution in [0, 0.1) is 0 Å². The van der Waals surface area contributed by atoms with Crippen LogP contribution >= 0.6 is 0 Å². The molecule has 0 radical (unpaired) electrons. The Kier molecular flexibility index (Phi) is 5.75. The molecule has 2 aliphatic heterocycles. The second kappa shape index (κ2) is 8.27. The van der Waals surface area contributed by atoms with E-state index in [0.29, 0.717) is 17.4 Å². The maximum Gasteiger partial charge on any atom is 0.341 e. The Hall–Kier alpha value is -1.83. The Morgan fingerprint density at radius 1 is 1.25 bits per heavy atom. The SMILES string of the molecule is COC(=O)c1ccc(OC2CC(N3CCOC4(CCNCC4)C3)C2)cc1OC. The minimum atomic E-state index is -0.411. The highest BCUT2D eigenvalue weighted by molar-refractivity contribution is 5.92. The highest BCUT2D eigenvalue weighted by atomic mass is 16.5. The molecule has 0 aromatic heterocycles. The van der Waals surface area contributed by atoms with Gasteiger partial charge in [0.25, 0.3) is 0 Å². The van der Waals surface area contributed by atoms with E-state index in [1.54, 1.807) is 25.3 Å². The van der Waals surface area contributed by atoms with Crippen LogP contribution < -0.4 is 14.8 Å². The summed E-state index contributed by atoms with van der Waals surface area (Å²) in [6.07, 6.45) is 4.45. The maximum atomic E-state index is 11.8. The molecule has 1 N–H and O–H groups in total. The van der Waals surface area contributed by atoms with Gasteiger partial charge in [0.2, 0.25) is 0 Å². The molecule has 0 amide bonds. The summed E-state index contributed by atoms with van der Waals surface area (Å²) < 4.78 is 22.4. The molecule has 2 saturated heterocycles. The van der Waals surface area contributed by atoms with Gasteiger partial charge in [0.15, 0.2) is 0 Å². The molecule has 3 fully saturated rings. The molecule has 1 saturated carbocycles. The van der Waals surface area contributed by atoms with E-state index in [1.165, 1.54) is 7.11 Å². The number of carbonyl (C=O) groups is 1. The lowest BCUT2D eigenvalue weighted by atomic mass is 9.84. The average Bonchev–Trinajstić information content (AvgIpc) is 2.70. The van der Waals surface area contributed by atoms with Gasteiger partial charge in [-0.2, -0.15) is 0 Å². The number of benzene rings is 1. The summed E-state index contributed by atoms with van der Waals surface area (Å²) in [6.45, 7) is 4.97. The first-order valence-electron chi connectivity index (χ1n) is 10.1. The van der Waals surface area contributed by atoms with E-state index in [2.05, 4.69) is 10.2 Å². The molecular formula is C21H30N2O5. The van der Waals surface area contributed by atoms with Crippen molar-refractivity contribution in [2.75, 3.05) is 47.0 Å². The molecule has 0 atom stereocenters. The molecule has 2 heterocycles. The van der Waals surface area contributed by atoms with E-state index in [9.17, 15) is 4.79 Å². The topological polar surface area (TPSA) is 69.3 Å². The summed E-state index contributed by atoms with van der Waals surface area (Å²) in [5, 5.41) is 3.43. The minimum Gasteiger partial charge on any atom is -0.496 e. The monoisotopic (exact) mass is 390 g/mol. The lowest BCUT2D eigenvalue weighted by molar-refractivity contribution is -0.145. The van der Waals surface area contributed by atoms with Crippen molar-refractivity contribution < 1.29 is 23.7 Å². The lowest BCUT2D eigenvalue weighted by Gasteiger charge is -2.51. The van der Waals surface area contributed by atoms with E-state index >= 15 is 0 Å². The molecule has 7 heteroatoms. The lowest BCUT2D eigenvalue weighted by Crippen LogP contribution is -2.61. The van der Waals surface area contributed by atoms with Gasteiger partial charge in [0.1, 0.15) is 23.2 Å². The molecule has 28 heavy (non-hydrogen) atoms. The molecule has 0 unspecified atom stereocenters. The number of hydrogen-bond acceptors (Lipinski definition) is 7. The van der Waals surface area contributed by atoms with E-state index < -0.39 is 5.97 Å². The van der Waals surface area contributed by atoms with Crippen LogP contribution in [-0.2, 0) is 9.47 Å². The number of nitrogens with zero attached hydrogens (tertiary/aromatic N) is 1. The Labute approximate surface area is 166 Å². The highest BCUT2D eigenvalue weighted by Crippen LogP contribution is 2.36. The van der Waals surface area contributed by atoms with Crippen LogP contribution in [0.3, 0.4) is 0 Å². The van der Waals surface area contributed by atoms with Gasteiger partial charge in [-0.25, -0.2) is 4.79 Å². The zero-order valence-electron chi connectivity index (χ0n) is 16.7. The van der Waals surface area contributed by atoms with Crippen molar-refractivity contribution in [2.45, 2.75) is 43.4 Å². The predicted octanol–water partition coefficient (Wildman–Crippen LogP) is 1.85. The van der Waals surface area contributed by atoms with Crippen LogP contribution in [0.4, 0.5) is 0 Å². The van der Waals surface area contributed by atoms with Crippen molar-refractivity contribution in [3.05, 3.63) is 23.8 Å². The first-order chi connectivity index (χ1) is 13.6. The zero-order chi connectivity index (χ0) is 19.6. The molecule has 3 aliphatic rings. The molecule has 7 nitrogen and oxygen atoms in total. The fourth-order valence-corrected chi connectivity index (χ4v) is 4.52. The summed E-state index contributed by atoms with van der Waals surface area (Å²) in [5.74, 6) is 0.789. The van der Waals surface area contributed by atoms with Crippen LogP contribution in [0.15, 0.2) is 18.2 Å². The van der Waals surface area contributed by atoms with Gasteiger partial charge in [0, 0.05) is 38.0 Å². The summed E-state index contributed by atoms with van der Waals surface area (Å²) in [6, 6.07) is 5.83. The summed E-state index contributed by atoms with van der Waals surface area (Å²) in [4.78, 5) is 14.4. The number of carbonyl (C=O) groups excluding carboxylic acids is 1. The fourth-order valence-electron chi connectivity index (χ4n) is 4.52. The van der Waals surface area contributed by atoms with Crippen molar-refractivity contribution in [3.8, 4) is 11.5 Å². The second-order valence-corrected chi connectivity index (χ2v) is 7.97. The number of ether oxygens (including phenoxy) is 4. The number of hydrogen-bond donors (Lipinski definition) is 1. The molecule has 154 valence electrons. The van der Waals surface area contributed by atoms with Gasteiger partial charge >= 0.3 is 5.97 Å². The van der Waals surface area contributed by atoms with Gasteiger partial charge in [-0.3, -0.25) is 4.90 Å². The quantitative estimate of drug-likeness (QED) is 0.770. The van der Waals surface area contributed by atoms with Crippen molar-refractivity contribution in [1.29, 1.82) is 0 Å². The van der Waals surface area contributed by atoms with E-state index in [1.807, 2.05) is 0 Å².